The molecule has 1 aromatic heterocycles. The van der Waals surface area contributed by atoms with Crippen LogP contribution in [0.25, 0.3) is 0 Å². The van der Waals surface area contributed by atoms with Crippen molar-refractivity contribution in [2.75, 3.05) is 14.1 Å². The zero-order valence-electron chi connectivity index (χ0n) is 9.90. The van der Waals surface area contributed by atoms with E-state index in [1.165, 1.54) is 12.8 Å². The van der Waals surface area contributed by atoms with Gasteiger partial charge in [0.05, 0.1) is 11.0 Å². The molecule has 0 aliphatic heterocycles. The molecule has 1 aliphatic carbocycles. The first-order valence-corrected chi connectivity index (χ1v) is 6.61. The van der Waals surface area contributed by atoms with Gasteiger partial charge in [0.2, 0.25) is 0 Å². The van der Waals surface area contributed by atoms with Gasteiger partial charge >= 0.3 is 0 Å². The average molecular weight is 238 g/mol. The number of hydrogen-bond acceptors (Lipinski definition) is 4. The fourth-order valence-corrected chi connectivity index (χ4v) is 3.18. The van der Waals surface area contributed by atoms with E-state index >= 15 is 0 Å². The monoisotopic (exact) mass is 238 g/mol. The number of likely N-dealkylation sites (N-methyl/N-ethyl adjacent to an activating group) is 1. The minimum Gasteiger partial charge on any atom is -0.297 e. The van der Waals surface area contributed by atoms with Crippen molar-refractivity contribution in [1.29, 1.82) is 0 Å². The van der Waals surface area contributed by atoms with Crippen molar-refractivity contribution in [1.82, 2.24) is 9.88 Å². The molecule has 0 unspecified atom stereocenters. The predicted octanol–water partition coefficient (Wildman–Crippen LogP) is 2.13. The van der Waals surface area contributed by atoms with E-state index in [-0.39, 0.29) is 5.54 Å². The number of carbonyl (C=O) groups is 1. The van der Waals surface area contributed by atoms with Gasteiger partial charge in [0.25, 0.3) is 0 Å². The third-order valence-corrected chi connectivity index (χ3v) is 4.40. The van der Waals surface area contributed by atoms with Crippen LogP contribution >= 0.6 is 11.3 Å². The van der Waals surface area contributed by atoms with Crippen molar-refractivity contribution in [2.24, 2.45) is 0 Å². The standard InChI is InChI=1S/C12H18N2OS/c1-14(2)12(5-3-4-6-12)11(15)7-10-8-13-9-16-10/h8-9H,3-7H2,1-2H3. The third kappa shape index (κ3) is 2.04. The molecule has 1 aromatic rings. The molecule has 0 radical (unpaired) electrons. The minimum atomic E-state index is -0.204. The van der Waals surface area contributed by atoms with Crippen LogP contribution in [-0.4, -0.2) is 35.3 Å². The summed E-state index contributed by atoms with van der Waals surface area (Å²) in [5, 5.41) is 0. The van der Waals surface area contributed by atoms with Crippen LogP contribution in [0.15, 0.2) is 11.7 Å². The molecular formula is C12H18N2OS. The first-order chi connectivity index (χ1) is 7.65. The molecule has 1 aliphatic rings. The summed E-state index contributed by atoms with van der Waals surface area (Å²) in [4.78, 5) is 19.6. The Morgan fingerprint density at radius 2 is 2.19 bits per heavy atom. The van der Waals surface area contributed by atoms with Crippen molar-refractivity contribution in [3.8, 4) is 0 Å². The molecule has 0 N–H and O–H groups in total. The van der Waals surface area contributed by atoms with Gasteiger partial charge < -0.3 is 0 Å². The van der Waals surface area contributed by atoms with E-state index in [9.17, 15) is 4.79 Å². The Balaban J connectivity index is 2.12. The van der Waals surface area contributed by atoms with Crippen LogP contribution in [0.1, 0.15) is 30.6 Å². The summed E-state index contributed by atoms with van der Waals surface area (Å²) in [6.45, 7) is 0. The third-order valence-electron chi connectivity index (χ3n) is 3.62. The fourth-order valence-electron chi connectivity index (χ4n) is 2.59. The lowest BCUT2D eigenvalue weighted by molar-refractivity contribution is -0.128. The second-order valence-electron chi connectivity index (χ2n) is 4.70. The summed E-state index contributed by atoms with van der Waals surface area (Å²) < 4.78 is 0. The van der Waals surface area contributed by atoms with Crippen LogP contribution < -0.4 is 0 Å². The number of Topliss-reactive ketones (excluding diaryl/α,β-unsaturated/α-hetero) is 1. The van der Waals surface area contributed by atoms with Gasteiger partial charge in [0, 0.05) is 17.5 Å². The normalized spacial score (nSPS) is 19.2. The lowest BCUT2D eigenvalue weighted by Crippen LogP contribution is -2.49. The highest BCUT2D eigenvalue weighted by molar-refractivity contribution is 7.09. The predicted molar refractivity (Wildman–Crippen MR) is 65.7 cm³/mol. The molecule has 3 nitrogen and oxygen atoms in total. The van der Waals surface area contributed by atoms with E-state index in [1.807, 2.05) is 14.1 Å². The van der Waals surface area contributed by atoms with Crippen molar-refractivity contribution in [2.45, 2.75) is 37.6 Å². The molecule has 1 heterocycles. The van der Waals surface area contributed by atoms with Gasteiger partial charge in [-0.2, -0.15) is 0 Å². The molecule has 88 valence electrons. The molecule has 16 heavy (non-hydrogen) atoms. The van der Waals surface area contributed by atoms with Crippen LogP contribution in [0, 0.1) is 0 Å². The summed E-state index contributed by atoms with van der Waals surface area (Å²) >= 11 is 1.57. The van der Waals surface area contributed by atoms with Crippen LogP contribution in [0.2, 0.25) is 0 Å². The number of nitrogens with zero attached hydrogens (tertiary/aromatic N) is 2. The van der Waals surface area contributed by atoms with Gasteiger partial charge in [-0.15, -0.1) is 11.3 Å². The Hall–Kier alpha value is -0.740. The van der Waals surface area contributed by atoms with Crippen LogP contribution in [0.5, 0.6) is 0 Å². The molecule has 0 amide bonds. The summed E-state index contributed by atoms with van der Waals surface area (Å²) in [5.74, 6) is 0.360. The molecule has 0 spiro atoms. The van der Waals surface area contributed by atoms with E-state index in [0.29, 0.717) is 12.2 Å². The number of rotatable bonds is 4. The lowest BCUT2D eigenvalue weighted by Gasteiger charge is -2.34. The smallest absolute Gasteiger partial charge is 0.158 e. The van der Waals surface area contributed by atoms with Crippen LogP contribution in [0.3, 0.4) is 0 Å². The highest BCUT2D eigenvalue weighted by Gasteiger charge is 2.42. The number of carbonyl (C=O) groups excluding carboxylic acids is 1. The van der Waals surface area contributed by atoms with Gasteiger partial charge in [0.15, 0.2) is 5.78 Å². The topological polar surface area (TPSA) is 33.2 Å². The highest BCUT2D eigenvalue weighted by Crippen LogP contribution is 2.35. The van der Waals surface area contributed by atoms with E-state index in [1.54, 1.807) is 23.0 Å². The van der Waals surface area contributed by atoms with E-state index in [4.69, 9.17) is 0 Å². The number of thiazole rings is 1. The molecule has 0 bridgehead atoms. The molecule has 0 saturated heterocycles. The summed E-state index contributed by atoms with van der Waals surface area (Å²) in [7, 11) is 4.05. The van der Waals surface area contributed by atoms with Gasteiger partial charge in [-0.05, 0) is 26.9 Å². The van der Waals surface area contributed by atoms with Crippen molar-refractivity contribution in [3.05, 3.63) is 16.6 Å². The summed E-state index contributed by atoms with van der Waals surface area (Å²) in [5.41, 5.74) is 1.59. The Bertz CT molecular complexity index is 353. The lowest BCUT2D eigenvalue weighted by atomic mass is 9.88. The average Bonchev–Trinajstić information content (AvgIpc) is 2.87. The second kappa shape index (κ2) is 4.63. The van der Waals surface area contributed by atoms with Crippen molar-refractivity contribution >= 4 is 17.1 Å². The fraction of sp³-hybridized carbons (Fsp3) is 0.667. The van der Waals surface area contributed by atoms with Crippen molar-refractivity contribution < 1.29 is 4.79 Å². The van der Waals surface area contributed by atoms with E-state index < -0.39 is 0 Å². The van der Waals surface area contributed by atoms with Gasteiger partial charge in [-0.1, -0.05) is 12.8 Å². The maximum absolute atomic E-state index is 12.4. The Labute approximate surface area is 100 Å². The molecule has 1 fully saturated rings. The number of hydrogen-bond donors (Lipinski definition) is 0. The Morgan fingerprint density at radius 3 is 2.69 bits per heavy atom. The molecule has 1 saturated carbocycles. The van der Waals surface area contributed by atoms with E-state index in [2.05, 4.69) is 9.88 Å². The SMILES string of the molecule is CN(C)C1(C(=O)Cc2cncs2)CCCC1. The molecule has 0 atom stereocenters. The van der Waals surface area contributed by atoms with E-state index in [0.717, 1.165) is 17.7 Å². The first-order valence-electron chi connectivity index (χ1n) is 5.73. The van der Waals surface area contributed by atoms with Gasteiger partial charge in [0.1, 0.15) is 0 Å². The second-order valence-corrected chi connectivity index (χ2v) is 5.67. The maximum atomic E-state index is 12.4. The van der Waals surface area contributed by atoms with Gasteiger partial charge in [-0.25, -0.2) is 0 Å². The molecule has 4 heteroatoms. The molecular weight excluding hydrogens is 220 g/mol. The van der Waals surface area contributed by atoms with Crippen molar-refractivity contribution in [3.63, 3.8) is 0 Å². The molecule has 0 aromatic carbocycles. The molecule has 2 rings (SSSR count). The Morgan fingerprint density at radius 1 is 1.50 bits per heavy atom. The summed E-state index contributed by atoms with van der Waals surface area (Å²) in [6.07, 6.45) is 6.72. The zero-order valence-corrected chi connectivity index (χ0v) is 10.7. The Kier molecular flexibility index (Phi) is 3.40. The maximum Gasteiger partial charge on any atom is 0.158 e. The summed E-state index contributed by atoms with van der Waals surface area (Å²) in [6, 6.07) is 0. The minimum absolute atomic E-state index is 0.204. The number of ketones is 1. The van der Waals surface area contributed by atoms with Crippen LogP contribution in [0.4, 0.5) is 0 Å². The zero-order chi connectivity index (χ0) is 11.6. The van der Waals surface area contributed by atoms with Crippen LogP contribution in [-0.2, 0) is 11.2 Å². The largest absolute Gasteiger partial charge is 0.297 e. The van der Waals surface area contributed by atoms with Gasteiger partial charge in [-0.3, -0.25) is 14.7 Å². The highest BCUT2D eigenvalue weighted by atomic mass is 32.1. The quantitative estimate of drug-likeness (QED) is 0.805. The number of aromatic nitrogens is 1. The first kappa shape index (κ1) is 11.7.